The van der Waals surface area contributed by atoms with Crippen molar-refractivity contribution in [2.75, 3.05) is 6.54 Å². The van der Waals surface area contributed by atoms with Crippen LogP contribution in [0.5, 0.6) is 0 Å². The number of hydrogen-bond donors (Lipinski definition) is 1. The summed E-state index contributed by atoms with van der Waals surface area (Å²) in [5, 5.41) is 13.8. The van der Waals surface area contributed by atoms with Gasteiger partial charge < -0.3 is 5.11 Å². The summed E-state index contributed by atoms with van der Waals surface area (Å²) in [5.41, 5.74) is 3.05. The second kappa shape index (κ2) is 7.72. The highest BCUT2D eigenvalue weighted by molar-refractivity contribution is 5.91. The van der Waals surface area contributed by atoms with Gasteiger partial charge >= 0.3 is 5.97 Å². The zero-order valence-electron chi connectivity index (χ0n) is 15.0. The van der Waals surface area contributed by atoms with E-state index in [9.17, 15) is 9.90 Å². The van der Waals surface area contributed by atoms with Gasteiger partial charge in [-0.15, -0.1) is 0 Å². The van der Waals surface area contributed by atoms with Crippen LogP contribution in [-0.4, -0.2) is 43.3 Å². The van der Waals surface area contributed by atoms with Crippen LogP contribution in [0.4, 0.5) is 0 Å². The lowest BCUT2D eigenvalue weighted by Gasteiger charge is -2.23. The van der Waals surface area contributed by atoms with Gasteiger partial charge in [-0.2, -0.15) is 5.10 Å². The van der Waals surface area contributed by atoms with Gasteiger partial charge in [-0.05, 0) is 43.7 Å². The molecule has 1 N–H and O–H groups in total. The van der Waals surface area contributed by atoms with Crippen molar-refractivity contribution in [2.45, 2.75) is 31.8 Å². The van der Waals surface area contributed by atoms with Crippen molar-refractivity contribution in [1.29, 1.82) is 0 Å². The van der Waals surface area contributed by atoms with Crippen LogP contribution in [0, 0.1) is 0 Å². The number of rotatable bonds is 6. The van der Waals surface area contributed by atoms with Crippen LogP contribution in [0.3, 0.4) is 0 Å². The third-order valence-electron chi connectivity index (χ3n) is 5.07. The monoisotopic (exact) mass is 362 g/mol. The predicted octanol–water partition coefficient (Wildman–Crippen LogP) is 3.17. The first-order chi connectivity index (χ1) is 13.2. The molecule has 0 spiro atoms. The summed E-state index contributed by atoms with van der Waals surface area (Å²) in [4.78, 5) is 18.4. The van der Waals surface area contributed by atoms with Crippen molar-refractivity contribution in [2.24, 2.45) is 0 Å². The maximum atomic E-state index is 11.4. The van der Waals surface area contributed by atoms with Gasteiger partial charge in [0.2, 0.25) is 0 Å². The van der Waals surface area contributed by atoms with Crippen LogP contribution in [0.15, 0.2) is 61.1 Å². The Balaban J connectivity index is 1.48. The van der Waals surface area contributed by atoms with Crippen LogP contribution in [-0.2, 0) is 13.0 Å². The third kappa shape index (κ3) is 3.90. The molecule has 1 aliphatic rings. The van der Waals surface area contributed by atoms with Crippen LogP contribution in [0.1, 0.15) is 34.5 Å². The molecule has 0 aliphatic carbocycles. The Morgan fingerprint density at radius 2 is 2.04 bits per heavy atom. The number of para-hydroxylation sites is 1. The van der Waals surface area contributed by atoms with E-state index in [4.69, 9.17) is 0 Å². The van der Waals surface area contributed by atoms with Gasteiger partial charge in [0.25, 0.3) is 0 Å². The number of aromatic carboxylic acids is 1. The number of nitrogens with zero attached hydrogens (tertiary/aromatic N) is 4. The van der Waals surface area contributed by atoms with E-state index in [1.54, 1.807) is 22.9 Å². The fraction of sp³-hybridized carbons (Fsp3) is 0.286. The SMILES string of the molecule is O=C(O)c1ccccc1-n1cc(CN2CCCC2Cc2ccccn2)cn1. The highest BCUT2D eigenvalue weighted by Gasteiger charge is 2.25. The van der Waals surface area contributed by atoms with E-state index < -0.39 is 5.97 Å². The van der Waals surface area contributed by atoms with E-state index in [-0.39, 0.29) is 5.56 Å². The topological polar surface area (TPSA) is 71.2 Å². The number of carbonyl (C=O) groups is 1. The molecule has 2 aromatic heterocycles. The Hall–Kier alpha value is -2.99. The summed E-state index contributed by atoms with van der Waals surface area (Å²) >= 11 is 0. The first-order valence-corrected chi connectivity index (χ1v) is 9.21. The van der Waals surface area contributed by atoms with Crippen LogP contribution in [0.2, 0.25) is 0 Å². The van der Waals surface area contributed by atoms with Gasteiger partial charge in [0, 0.05) is 42.7 Å². The van der Waals surface area contributed by atoms with Crippen molar-refractivity contribution in [3.05, 3.63) is 77.9 Å². The normalized spacial score (nSPS) is 17.3. The fourth-order valence-electron chi connectivity index (χ4n) is 3.76. The molecular weight excluding hydrogens is 340 g/mol. The molecule has 6 nitrogen and oxygen atoms in total. The first kappa shape index (κ1) is 17.4. The minimum Gasteiger partial charge on any atom is -0.478 e. The number of carboxylic acid groups (broad SMARTS) is 1. The van der Waals surface area contributed by atoms with Crippen LogP contribution in [0.25, 0.3) is 5.69 Å². The lowest BCUT2D eigenvalue weighted by molar-refractivity contribution is 0.0696. The van der Waals surface area contributed by atoms with Crippen molar-refractivity contribution in [1.82, 2.24) is 19.7 Å². The zero-order chi connectivity index (χ0) is 18.6. The molecule has 0 saturated carbocycles. The fourth-order valence-corrected chi connectivity index (χ4v) is 3.76. The molecule has 3 aromatic rings. The summed E-state index contributed by atoms with van der Waals surface area (Å²) in [7, 11) is 0. The average molecular weight is 362 g/mol. The Kier molecular flexibility index (Phi) is 4.98. The molecule has 27 heavy (non-hydrogen) atoms. The number of pyridine rings is 1. The number of benzene rings is 1. The van der Waals surface area contributed by atoms with E-state index in [0.717, 1.165) is 30.8 Å². The molecule has 1 fully saturated rings. The van der Waals surface area contributed by atoms with Gasteiger partial charge in [-0.1, -0.05) is 18.2 Å². The molecule has 0 amide bonds. The molecule has 6 heteroatoms. The molecule has 1 atom stereocenters. The van der Waals surface area contributed by atoms with E-state index in [2.05, 4.69) is 21.0 Å². The Labute approximate surface area is 158 Å². The number of likely N-dealkylation sites (tertiary alicyclic amines) is 1. The van der Waals surface area contributed by atoms with E-state index in [1.807, 2.05) is 36.8 Å². The molecule has 138 valence electrons. The zero-order valence-corrected chi connectivity index (χ0v) is 15.0. The highest BCUT2D eigenvalue weighted by atomic mass is 16.4. The van der Waals surface area contributed by atoms with Crippen LogP contribution < -0.4 is 0 Å². The summed E-state index contributed by atoms with van der Waals surface area (Å²) < 4.78 is 1.66. The largest absolute Gasteiger partial charge is 0.478 e. The van der Waals surface area contributed by atoms with Crippen molar-refractivity contribution >= 4 is 5.97 Å². The van der Waals surface area contributed by atoms with E-state index in [1.165, 1.54) is 12.8 Å². The molecule has 4 rings (SSSR count). The summed E-state index contributed by atoms with van der Waals surface area (Å²) in [6.07, 6.45) is 8.92. The summed E-state index contributed by atoms with van der Waals surface area (Å²) in [6, 6.07) is 13.5. The lowest BCUT2D eigenvalue weighted by atomic mass is 10.1. The molecular formula is C21H22N4O2. The Morgan fingerprint density at radius 1 is 1.19 bits per heavy atom. The second-order valence-corrected chi connectivity index (χ2v) is 6.91. The first-order valence-electron chi connectivity index (χ1n) is 9.21. The molecule has 0 bridgehead atoms. The lowest BCUT2D eigenvalue weighted by Crippen LogP contribution is -2.30. The number of aromatic nitrogens is 3. The van der Waals surface area contributed by atoms with Crippen molar-refractivity contribution < 1.29 is 9.90 Å². The summed E-state index contributed by atoms with van der Waals surface area (Å²) in [5.74, 6) is -0.947. The average Bonchev–Trinajstić information content (AvgIpc) is 3.33. The maximum Gasteiger partial charge on any atom is 0.337 e. The van der Waals surface area contributed by atoms with E-state index in [0.29, 0.717) is 11.7 Å². The molecule has 1 aliphatic heterocycles. The van der Waals surface area contributed by atoms with Gasteiger partial charge in [0.1, 0.15) is 0 Å². The minimum atomic E-state index is -0.947. The van der Waals surface area contributed by atoms with Gasteiger partial charge in [0.15, 0.2) is 0 Å². The van der Waals surface area contributed by atoms with Gasteiger partial charge in [-0.3, -0.25) is 9.88 Å². The molecule has 0 radical (unpaired) electrons. The molecule has 1 saturated heterocycles. The molecule has 1 unspecified atom stereocenters. The van der Waals surface area contributed by atoms with Crippen molar-refractivity contribution in [3.63, 3.8) is 0 Å². The van der Waals surface area contributed by atoms with Crippen LogP contribution >= 0.6 is 0 Å². The minimum absolute atomic E-state index is 0.251. The summed E-state index contributed by atoms with van der Waals surface area (Å²) in [6.45, 7) is 1.88. The Morgan fingerprint density at radius 3 is 2.85 bits per heavy atom. The number of carboxylic acids is 1. The second-order valence-electron chi connectivity index (χ2n) is 6.91. The number of hydrogen-bond acceptors (Lipinski definition) is 4. The van der Waals surface area contributed by atoms with Crippen molar-refractivity contribution in [3.8, 4) is 5.69 Å². The smallest absolute Gasteiger partial charge is 0.337 e. The quantitative estimate of drug-likeness (QED) is 0.729. The highest BCUT2D eigenvalue weighted by Crippen LogP contribution is 2.23. The predicted molar refractivity (Wildman–Crippen MR) is 102 cm³/mol. The van der Waals surface area contributed by atoms with Gasteiger partial charge in [0.05, 0.1) is 17.4 Å². The Bertz CT molecular complexity index is 923. The molecule has 3 heterocycles. The third-order valence-corrected chi connectivity index (χ3v) is 5.07. The standard InChI is InChI=1S/C21H22N4O2/c26-21(27)19-8-1-2-9-20(19)25-15-16(13-23-25)14-24-11-5-7-18(24)12-17-6-3-4-10-22-17/h1-4,6,8-10,13,15,18H,5,7,11-12,14H2,(H,26,27). The van der Waals surface area contributed by atoms with E-state index >= 15 is 0 Å². The molecule has 1 aromatic carbocycles. The maximum absolute atomic E-state index is 11.4. The van der Waals surface area contributed by atoms with Gasteiger partial charge in [-0.25, -0.2) is 9.48 Å².